The second-order valence-corrected chi connectivity index (χ2v) is 5.55. The number of pyridine rings is 1. The van der Waals surface area contributed by atoms with E-state index in [0.29, 0.717) is 25.6 Å². The Hall–Kier alpha value is -1.88. The summed E-state index contributed by atoms with van der Waals surface area (Å²) in [6.45, 7) is 6.02. The fourth-order valence-electron chi connectivity index (χ4n) is 2.28. The Morgan fingerprint density at radius 2 is 2.11 bits per heavy atom. The average molecular weight is 488 g/mol. The summed E-state index contributed by atoms with van der Waals surface area (Å²) in [7, 11) is 1.65. The number of hydrogen-bond acceptors (Lipinski definition) is 5. The molecule has 2 aromatic heterocycles. The molecule has 2 heterocycles. The first kappa shape index (κ1) is 23.2. The molecule has 0 saturated carbocycles. The van der Waals surface area contributed by atoms with Crippen LogP contribution in [0.15, 0.2) is 41.8 Å². The largest absolute Gasteiger partial charge is 0.475 e. The van der Waals surface area contributed by atoms with Crippen molar-refractivity contribution >= 4 is 29.9 Å². The summed E-state index contributed by atoms with van der Waals surface area (Å²) in [5.74, 6) is 1.38. The van der Waals surface area contributed by atoms with Gasteiger partial charge in [0.1, 0.15) is 6.61 Å². The maximum Gasteiger partial charge on any atom is 0.218 e. The summed E-state index contributed by atoms with van der Waals surface area (Å²) >= 11 is 0. The van der Waals surface area contributed by atoms with Crippen molar-refractivity contribution in [1.29, 1.82) is 0 Å². The molecule has 2 N–H and O–H groups in total. The van der Waals surface area contributed by atoms with E-state index in [2.05, 4.69) is 25.7 Å². The van der Waals surface area contributed by atoms with Crippen LogP contribution < -0.4 is 15.4 Å². The number of guanidine groups is 1. The second kappa shape index (κ2) is 14.2. The molecule has 0 spiro atoms. The molecule has 0 aliphatic carbocycles. The van der Waals surface area contributed by atoms with Gasteiger partial charge in [-0.05, 0) is 25.5 Å². The summed E-state index contributed by atoms with van der Waals surface area (Å²) in [4.78, 5) is 8.91. The lowest BCUT2D eigenvalue weighted by Crippen LogP contribution is -2.38. The molecule has 0 bridgehead atoms. The number of hydrogen-bond donors (Lipinski definition) is 2. The number of aliphatic imine (C=N–C) groups is 1. The van der Waals surface area contributed by atoms with E-state index in [1.54, 1.807) is 19.5 Å². The first-order valence-corrected chi connectivity index (χ1v) is 8.88. The van der Waals surface area contributed by atoms with Gasteiger partial charge in [-0.2, -0.15) is 5.10 Å². The standard InChI is InChI=1S/C18H28N6O2.HI/c1-3-19-18(21-9-5-11-24-12-6-10-23-24)22-15-16-7-4-8-20-17(16)26-14-13-25-2;/h4,6-8,10,12H,3,5,9,11,13-15H2,1-2H3,(H2,19,21,22);1H. The van der Waals surface area contributed by atoms with E-state index in [0.717, 1.165) is 37.6 Å². The van der Waals surface area contributed by atoms with E-state index >= 15 is 0 Å². The van der Waals surface area contributed by atoms with Gasteiger partial charge in [-0.15, -0.1) is 24.0 Å². The number of halogens is 1. The smallest absolute Gasteiger partial charge is 0.218 e. The highest BCUT2D eigenvalue weighted by Gasteiger charge is 2.05. The number of aryl methyl sites for hydroxylation is 1. The summed E-state index contributed by atoms with van der Waals surface area (Å²) in [5, 5.41) is 10.8. The minimum Gasteiger partial charge on any atom is -0.475 e. The maximum atomic E-state index is 5.65. The second-order valence-electron chi connectivity index (χ2n) is 5.55. The molecule has 2 rings (SSSR count). The minimum atomic E-state index is 0. The molecule has 150 valence electrons. The van der Waals surface area contributed by atoms with E-state index in [9.17, 15) is 0 Å². The van der Waals surface area contributed by atoms with Gasteiger partial charge in [0.05, 0.1) is 13.2 Å². The first-order chi connectivity index (χ1) is 12.8. The van der Waals surface area contributed by atoms with Crippen LogP contribution in [0.5, 0.6) is 5.88 Å². The number of rotatable bonds is 11. The highest BCUT2D eigenvalue weighted by molar-refractivity contribution is 14.0. The minimum absolute atomic E-state index is 0. The van der Waals surface area contributed by atoms with Crippen LogP contribution in [0.1, 0.15) is 18.9 Å². The van der Waals surface area contributed by atoms with Gasteiger partial charge < -0.3 is 20.1 Å². The highest BCUT2D eigenvalue weighted by atomic mass is 127. The van der Waals surface area contributed by atoms with Gasteiger partial charge in [-0.1, -0.05) is 6.07 Å². The monoisotopic (exact) mass is 488 g/mol. The lowest BCUT2D eigenvalue weighted by atomic mass is 10.3. The van der Waals surface area contributed by atoms with Crippen LogP contribution in [0.4, 0.5) is 0 Å². The third kappa shape index (κ3) is 9.05. The van der Waals surface area contributed by atoms with E-state index in [4.69, 9.17) is 9.47 Å². The molecule has 2 aromatic rings. The van der Waals surface area contributed by atoms with Crippen LogP contribution in [0.2, 0.25) is 0 Å². The normalized spacial score (nSPS) is 11.0. The Kier molecular flexibility index (Phi) is 12.2. The number of ether oxygens (including phenoxy) is 2. The van der Waals surface area contributed by atoms with Gasteiger partial charge in [0, 0.05) is 50.9 Å². The van der Waals surface area contributed by atoms with E-state index < -0.39 is 0 Å². The molecule has 0 radical (unpaired) electrons. The first-order valence-electron chi connectivity index (χ1n) is 8.88. The van der Waals surface area contributed by atoms with Crippen molar-refractivity contribution in [3.63, 3.8) is 0 Å². The average Bonchev–Trinajstić information content (AvgIpc) is 3.18. The molecule has 0 aromatic carbocycles. The van der Waals surface area contributed by atoms with Crippen LogP contribution in [-0.2, 0) is 17.8 Å². The topological polar surface area (TPSA) is 85.6 Å². The summed E-state index contributed by atoms with van der Waals surface area (Å²) in [5.41, 5.74) is 0.942. The van der Waals surface area contributed by atoms with Gasteiger partial charge in [0.2, 0.25) is 5.88 Å². The molecule has 0 aliphatic rings. The van der Waals surface area contributed by atoms with Crippen LogP contribution in [0.25, 0.3) is 0 Å². The fourth-order valence-corrected chi connectivity index (χ4v) is 2.28. The SMILES string of the molecule is CCNC(=NCc1cccnc1OCCOC)NCCCn1cccn1.I. The zero-order chi connectivity index (χ0) is 18.5. The van der Waals surface area contributed by atoms with Crippen molar-refractivity contribution in [1.82, 2.24) is 25.4 Å². The van der Waals surface area contributed by atoms with Gasteiger partial charge >= 0.3 is 0 Å². The summed E-state index contributed by atoms with van der Waals surface area (Å²) in [6, 6.07) is 5.79. The van der Waals surface area contributed by atoms with Crippen molar-refractivity contribution in [2.24, 2.45) is 4.99 Å². The zero-order valence-electron chi connectivity index (χ0n) is 15.9. The third-order valence-electron chi connectivity index (χ3n) is 3.54. The van der Waals surface area contributed by atoms with Crippen LogP contribution in [0.3, 0.4) is 0 Å². The Labute approximate surface area is 177 Å². The summed E-state index contributed by atoms with van der Waals surface area (Å²) < 4.78 is 12.6. The van der Waals surface area contributed by atoms with Crippen molar-refractivity contribution in [3.8, 4) is 5.88 Å². The zero-order valence-corrected chi connectivity index (χ0v) is 18.3. The predicted molar refractivity (Wildman–Crippen MR) is 117 cm³/mol. The highest BCUT2D eigenvalue weighted by Crippen LogP contribution is 2.15. The van der Waals surface area contributed by atoms with Gasteiger partial charge in [0.15, 0.2) is 5.96 Å². The molecular weight excluding hydrogens is 459 g/mol. The summed E-state index contributed by atoms with van der Waals surface area (Å²) in [6.07, 6.45) is 6.43. The lowest BCUT2D eigenvalue weighted by Gasteiger charge is -2.12. The third-order valence-corrected chi connectivity index (χ3v) is 3.54. The molecular formula is C18H29IN6O2. The molecule has 0 aliphatic heterocycles. The van der Waals surface area contributed by atoms with Gasteiger partial charge in [-0.3, -0.25) is 4.68 Å². The van der Waals surface area contributed by atoms with Crippen LogP contribution >= 0.6 is 24.0 Å². The fraction of sp³-hybridized carbons (Fsp3) is 0.500. The van der Waals surface area contributed by atoms with E-state index in [1.807, 2.05) is 36.0 Å². The van der Waals surface area contributed by atoms with Gasteiger partial charge in [-0.25, -0.2) is 9.98 Å². The molecule has 27 heavy (non-hydrogen) atoms. The molecule has 8 nitrogen and oxygen atoms in total. The van der Waals surface area contributed by atoms with Gasteiger partial charge in [0.25, 0.3) is 0 Å². The number of nitrogens with zero attached hydrogens (tertiary/aromatic N) is 4. The molecule has 0 amide bonds. The van der Waals surface area contributed by atoms with Crippen molar-refractivity contribution in [2.75, 3.05) is 33.4 Å². The van der Waals surface area contributed by atoms with Crippen LogP contribution in [-0.4, -0.2) is 54.1 Å². The Balaban J connectivity index is 0.00000364. The van der Waals surface area contributed by atoms with Crippen molar-refractivity contribution in [2.45, 2.75) is 26.4 Å². The lowest BCUT2D eigenvalue weighted by molar-refractivity contribution is 0.143. The molecule has 9 heteroatoms. The molecule has 0 fully saturated rings. The Morgan fingerprint density at radius 3 is 2.85 bits per heavy atom. The predicted octanol–water partition coefficient (Wildman–Crippen LogP) is 2.07. The number of aromatic nitrogens is 3. The van der Waals surface area contributed by atoms with Crippen molar-refractivity contribution in [3.05, 3.63) is 42.4 Å². The maximum absolute atomic E-state index is 5.65. The Bertz CT molecular complexity index is 651. The quantitative estimate of drug-likeness (QED) is 0.218. The number of nitrogens with one attached hydrogen (secondary N) is 2. The molecule has 0 atom stereocenters. The van der Waals surface area contributed by atoms with E-state index in [1.165, 1.54) is 0 Å². The van der Waals surface area contributed by atoms with Crippen molar-refractivity contribution < 1.29 is 9.47 Å². The van der Waals surface area contributed by atoms with Crippen LogP contribution in [0, 0.1) is 0 Å². The Morgan fingerprint density at radius 1 is 1.22 bits per heavy atom. The molecule has 0 unspecified atom stereocenters. The van der Waals surface area contributed by atoms with E-state index in [-0.39, 0.29) is 24.0 Å². The molecule has 0 saturated heterocycles. The number of methoxy groups -OCH3 is 1.